The molecule has 0 radical (unpaired) electrons. The number of hydrogen-bond acceptors (Lipinski definition) is 3. The molecule has 0 rings (SSSR count). The number of nitrogens with one attached hydrogen (secondary N) is 3. The molecule has 0 aliphatic rings. The van der Waals surface area contributed by atoms with Crippen molar-refractivity contribution in [3.8, 4) is 0 Å². The normalized spacial score (nSPS) is 13.1. The van der Waals surface area contributed by atoms with Crippen LogP contribution >= 0.6 is 0 Å². The summed E-state index contributed by atoms with van der Waals surface area (Å²) in [6, 6.07) is -0.487. The molecule has 0 saturated carbocycles. The first-order valence-electron chi connectivity index (χ1n) is 7.93. The maximum atomic E-state index is 11.9. The van der Waals surface area contributed by atoms with Gasteiger partial charge in [-0.1, -0.05) is 47.5 Å². The van der Waals surface area contributed by atoms with Crippen LogP contribution in [0.15, 0.2) is 0 Å². The Morgan fingerprint density at radius 2 is 1.67 bits per heavy atom. The molecule has 0 saturated heterocycles. The van der Waals surface area contributed by atoms with E-state index in [-0.39, 0.29) is 17.7 Å². The summed E-state index contributed by atoms with van der Waals surface area (Å²) in [7, 11) is 1.63. The molecule has 2 amide bonds. The molecule has 124 valence electrons. The topological polar surface area (TPSA) is 70.2 Å². The number of carbonyl (C=O) groups is 2. The average Bonchev–Trinajstić information content (AvgIpc) is 2.34. The van der Waals surface area contributed by atoms with Gasteiger partial charge >= 0.3 is 0 Å². The lowest BCUT2D eigenvalue weighted by molar-refractivity contribution is -0.130. The van der Waals surface area contributed by atoms with Crippen molar-refractivity contribution in [3.63, 3.8) is 0 Å². The second kappa shape index (κ2) is 9.77. The summed E-state index contributed by atoms with van der Waals surface area (Å²) in [6.07, 6.45) is 4.73. The maximum absolute atomic E-state index is 11.9. The molecule has 0 aliphatic heterocycles. The zero-order valence-corrected chi connectivity index (χ0v) is 14.5. The first-order chi connectivity index (χ1) is 9.67. The van der Waals surface area contributed by atoms with Gasteiger partial charge in [0.1, 0.15) is 6.04 Å². The third-order valence-electron chi connectivity index (χ3n) is 3.34. The predicted molar refractivity (Wildman–Crippen MR) is 86.5 cm³/mol. The van der Waals surface area contributed by atoms with E-state index in [4.69, 9.17) is 0 Å². The Bertz CT molecular complexity index is 322. The molecular formula is C16H33N3O2. The smallest absolute Gasteiger partial charge is 0.256 e. The first-order valence-corrected chi connectivity index (χ1v) is 7.93. The fourth-order valence-electron chi connectivity index (χ4n) is 2.10. The minimum Gasteiger partial charge on any atom is -0.344 e. The van der Waals surface area contributed by atoms with E-state index in [1.165, 1.54) is 6.42 Å². The van der Waals surface area contributed by atoms with Crippen LogP contribution in [-0.2, 0) is 9.59 Å². The van der Waals surface area contributed by atoms with Crippen molar-refractivity contribution in [2.24, 2.45) is 11.3 Å². The number of carbonyl (C=O) groups excluding carboxylic acids is 2. The highest BCUT2D eigenvalue weighted by molar-refractivity contribution is 5.87. The highest BCUT2D eigenvalue weighted by Gasteiger charge is 2.23. The minimum atomic E-state index is -0.487. The van der Waals surface area contributed by atoms with Gasteiger partial charge in [-0.2, -0.15) is 0 Å². The predicted octanol–water partition coefficient (Wildman–Crippen LogP) is 2.37. The fraction of sp³-hybridized carbons (Fsp3) is 0.875. The Kier molecular flexibility index (Phi) is 9.26. The fourth-order valence-corrected chi connectivity index (χ4v) is 2.10. The first kappa shape index (κ1) is 19.9. The van der Waals surface area contributed by atoms with Crippen molar-refractivity contribution in [3.05, 3.63) is 0 Å². The number of amides is 2. The number of hydrazine groups is 1. The minimum absolute atomic E-state index is 0.0456. The highest BCUT2D eigenvalue weighted by Crippen LogP contribution is 2.22. The number of hydrogen-bond donors (Lipinski definition) is 3. The van der Waals surface area contributed by atoms with Crippen LogP contribution in [0, 0.1) is 11.3 Å². The molecule has 21 heavy (non-hydrogen) atoms. The van der Waals surface area contributed by atoms with Gasteiger partial charge in [0.15, 0.2) is 0 Å². The molecule has 0 aromatic heterocycles. The van der Waals surface area contributed by atoms with E-state index in [2.05, 4.69) is 36.9 Å². The van der Waals surface area contributed by atoms with Crippen molar-refractivity contribution < 1.29 is 9.59 Å². The van der Waals surface area contributed by atoms with Crippen molar-refractivity contribution >= 4 is 11.8 Å². The molecule has 1 unspecified atom stereocenters. The van der Waals surface area contributed by atoms with Crippen molar-refractivity contribution in [2.75, 3.05) is 7.05 Å². The molecule has 0 fully saturated rings. The Hall–Kier alpha value is -1.10. The van der Waals surface area contributed by atoms with E-state index in [1.54, 1.807) is 7.05 Å². The molecule has 1 atom stereocenters. The summed E-state index contributed by atoms with van der Waals surface area (Å²) in [5, 5.41) is 2.82. The van der Waals surface area contributed by atoms with Crippen LogP contribution in [0.4, 0.5) is 0 Å². The summed E-state index contributed by atoms with van der Waals surface area (Å²) < 4.78 is 0. The quantitative estimate of drug-likeness (QED) is 0.452. The van der Waals surface area contributed by atoms with Gasteiger partial charge in [0.25, 0.3) is 5.91 Å². The van der Waals surface area contributed by atoms with Crippen molar-refractivity contribution in [1.82, 2.24) is 16.2 Å². The summed E-state index contributed by atoms with van der Waals surface area (Å²) in [4.78, 5) is 23.7. The van der Waals surface area contributed by atoms with Gasteiger partial charge in [0.05, 0.1) is 0 Å². The SMILES string of the molecule is CNNC(=O)C(NC(=O)CCCCCC(C)(C)C)C(C)C. The molecule has 0 aromatic rings. The second-order valence-electron chi connectivity index (χ2n) is 7.15. The van der Waals surface area contributed by atoms with Crippen LogP contribution in [0.5, 0.6) is 0 Å². The third-order valence-corrected chi connectivity index (χ3v) is 3.34. The number of unbranched alkanes of at least 4 members (excludes halogenated alkanes) is 2. The molecule has 0 heterocycles. The summed E-state index contributed by atoms with van der Waals surface area (Å²) in [5.74, 6) is -0.188. The van der Waals surface area contributed by atoms with E-state index >= 15 is 0 Å². The molecule has 0 bridgehead atoms. The van der Waals surface area contributed by atoms with Crippen LogP contribution in [-0.4, -0.2) is 24.9 Å². The highest BCUT2D eigenvalue weighted by atomic mass is 16.2. The molecule has 5 nitrogen and oxygen atoms in total. The lowest BCUT2D eigenvalue weighted by atomic mass is 9.89. The van der Waals surface area contributed by atoms with Crippen LogP contribution in [0.2, 0.25) is 0 Å². The zero-order chi connectivity index (χ0) is 16.5. The van der Waals surface area contributed by atoms with Crippen LogP contribution < -0.4 is 16.2 Å². The summed E-state index contributed by atoms with van der Waals surface area (Å²) >= 11 is 0. The van der Waals surface area contributed by atoms with Crippen LogP contribution in [0.3, 0.4) is 0 Å². The van der Waals surface area contributed by atoms with Crippen LogP contribution in [0.25, 0.3) is 0 Å². The second-order valence-corrected chi connectivity index (χ2v) is 7.15. The lowest BCUT2D eigenvalue weighted by Gasteiger charge is -2.21. The van der Waals surface area contributed by atoms with Gasteiger partial charge < -0.3 is 5.32 Å². The largest absolute Gasteiger partial charge is 0.344 e. The molecule has 5 heteroatoms. The maximum Gasteiger partial charge on any atom is 0.256 e. The Labute approximate surface area is 129 Å². The zero-order valence-electron chi connectivity index (χ0n) is 14.5. The molecule has 3 N–H and O–H groups in total. The Morgan fingerprint density at radius 1 is 1.05 bits per heavy atom. The molecular weight excluding hydrogens is 266 g/mol. The lowest BCUT2D eigenvalue weighted by Crippen LogP contribution is -2.52. The Morgan fingerprint density at radius 3 is 2.14 bits per heavy atom. The summed E-state index contributed by atoms with van der Waals surface area (Å²) in [6.45, 7) is 10.5. The van der Waals surface area contributed by atoms with Crippen LogP contribution in [0.1, 0.15) is 66.7 Å². The molecule has 0 spiro atoms. The third kappa shape index (κ3) is 10.3. The van der Waals surface area contributed by atoms with Gasteiger partial charge in [0, 0.05) is 13.5 Å². The van der Waals surface area contributed by atoms with Gasteiger partial charge in [-0.25, -0.2) is 5.43 Å². The van der Waals surface area contributed by atoms with Gasteiger partial charge in [0.2, 0.25) is 5.91 Å². The average molecular weight is 299 g/mol. The van der Waals surface area contributed by atoms with Gasteiger partial charge in [-0.05, 0) is 24.2 Å². The van der Waals surface area contributed by atoms with E-state index in [9.17, 15) is 9.59 Å². The van der Waals surface area contributed by atoms with Crippen molar-refractivity contribution in [2.45, 2.75) is 72.8 Å². The molecule has 0 aromatic carbocycles. The van der Waals surface area contributed by atoms with E-state index < -0.39 is 6.04 Å². The van der Waals surface area contributed by atoms with E-state index in [0.29, 0.717) is 11.8 Å². The monoisotopic (exact) mass is 299 g/mol. The van der Waals surface area contributed by atoms with E-state index in [0.717, 1.165) is 19.3 Å². The van der Waals surface area contributed by atoms with Gasteiger partial charge in [-0.3, -0.25) is 15.0 Å². The standard InChI is InChI=1S/C16H33N3O2/c1-12(2)14(15(21)19-17-6)18-13(20)10-8-7-9-11-16(3,4)5/h12,14,17H,7-11H2,1-6H3,(H,18,20)(H,19,21). The summed E-state index contributed by atoms with van der Waals surface area (Å²) in [5.41, 5.74) is 5.48. The van der Waals surface area contributed by atoms with Gasteiger partial charge in [-0.15, -0.1) is 0 Å². The molecule has 0 aliphatic carbocycles. The number of rotatable bonds is 9. The van der Waals surface area contributed by atoms with Crippen molar-refractivity contribution in [1.29, 1.82) is 0 Å². The Balaban J connectivity index is 4.02. The van der Waals surface area contributed by atoms with E-state index in [1.807, 2.05) is 13.8 Å².